The summed E-state index contributed by atoms with van der Waals surface area (Å²) in [7, 11) is 0. The summed E-state index contributed by atoms with van der Waals surface area (Å²) in [5.41, 5.74) is 2.54. The highest BCUT2D eigenvalue weighted by atomic mass is 16.5. The van der Waals surface area contributed by atoms with Crippen LogP contribution in [0, 0.1) is 0 Å². The zero-order valence-corrected chi connectivity index (χ0v) is 13.3. The van der Waals surface area contributed by atoms with Crippen molar-refractivity contribution in [2.45, 2.75) is 59.0 Å². The van der Waals surface area contributed by atoms with Crippen molar-refractivity contribution in [3.05, 3.63) is 35.8 Å². The van der Waals surface area contributed by atoms with Gasteiger partial charge < -0.3 is 9.14 Å². The van der Waals surface area contributed by atoms with Gasteiger partial charge in [0.05, 0.1) is 17.4 Å². The molecule has 0 saturated carbocycles. The van der Waals surface area contributed by atoms with Crippen LogP contribution >= 0.6 is 0 Å². The zero-order valence-electron chi connectivity index (χ0n) is 13.3. The van der Waals surface area contributed by atoms with Gasteiger partial charge >= 0.3 is 5.97 Å². The summed E-state index contributed by atoms with van der Waals surface area (Å²) in [6.07, 6.45) is 7.10. The van der Waals surface area contributed by atoms with Crippen LogP contribution in [0.25, 0.3) is 5.65 Å². The van der Waals surface area contributed by atoms with Crippen LogP contribution in [-0.4, -0.2) is 21.5 Å². The molecule has 1 atom stereocenters. The first kappa shape index (κ1) is 15.5. The number of imidazole rings is 1. The maximum atomic E-state index is 11.9. The summed E-state index contributed by atoms with van der Waals surface area (Å²) in [6.45, 7) is 8.08. The van der Waals surface area contributed by atoms with E-state index in [-0.39, 0.29) is 12.1 Å². The number of carbonyl (C=O) groups excluding carboxylic acids is 1. The number of aromatic nitrogens is 2. The van der Waals surface area contributed by atoms with E-state index in [2.05, 4.69) is 18.8 Å². The minimum absolute atomic E-state index is 0.111. The van der Waals surface area contributed by atoms with Crippen molar-refractivity contribution in [2.24, 2.45) is 0 Å². The predicted molar refractivity (Wildman–Crippen MR) is 83.7 cm³/mol. The summed E-state index contributed by atoms with van der Waals surface area (Å²) in [4.78, 5) is 16.6. The first-order chi connectivity index (χ1) is 10.0. The second-order valence-electron chi connectivity index (χ2n) is 5.70. The van der Waals surface area contributed by atoms with Crippen LogP contribution in [0.5, 0.6) is 0 Å². The molecule has 0 radical (unpaired) electrons. The van der Waals surface area contributed by atoms with Crippen LogP contribution in [0.3, 0.4) is 0 Å². The van der Waals surface area contributed by atoms with Gasteiger partial charge in [0.2, 0.25) is 0 Å². The Bertz CT molecular complexity index is 616. The van der Waals surface area contributed by atoms with E-state index in [4.69, 9.17) is 4.74 Å². The smallest absolute Gasteiger partial charge is 0.339 e. The van der Waals surface area contributed by atoms with Crippen LogP contribution in [-0.2, 0) is 4.74 Å². The quantitative estimate of drug-likeness (QED) is 0.748. The van der Waals surface area contributed by atoms with Crippen molar-refractivity contribution >= 4 is 11.6 Å². The lowest BCUT2D eigenvalue weighted by molar-refractivity contribution is 0.0377. The predicted octanol–water partition coefficient (Wildman–Crippen LogP) is 4.19. The second kappa shape index (κ2) is 6.74. The van der Waals surface area contributed by atoms with Crippen molar-refractivity contribution < 1.29 is 9.53 Å². The fraction of sp³-hybridized carbons (Fsp3) is 0.529. The lowest BCUT2D eigenvalue weighted by Gasteiger charge is -2.09. The van der Waals surface area contributed by atoms with Gasteiger partial charge in [-0.05, 0) is 38.8 Å². The highest BCUT2D eigenvalue weighted by Crippen LogP contribution is 2.24. The van der Waals surface area contributed by atoms with Crippen LogP contribution < -0.4 is 0 Å². The Labute approximate surface area is 126 Å². The number of carbonyl (C=O) groups is 1. The van der Waals surface area contributed by atoms with Gasteiger partial charge in [-0.3, -0.25) is 0 Å². The van der Waals surface area contributed by atoms with Gasteiger partial charge in [-0.1, -0.05) is 20.3 Å². The molecule has 0 amide bonds. The normalized spacial score (nSPS) is 12.8. The third kappa shape index (κ3) is 3.63. The van der Waals surface area contributed by atoms with E-state index in [0.717, 1.165) is 30.6 Å². The first-order valence-electron chi connectivity index (χ1n) is 7.74. The lowest BCUT2D eigenvalue weighted by atomic mass is 9.98. The maximum absolute atomic E-state index is 11.9. The molecule has 0 bridgehead atoms. The van der Waals surface area contributed by atoms with Crippen LogP contribution in [0.15, 0.2) is 24.5 Å². The molecular weight excluding hydrogens is 264 g/mol. The van der Waals surface area contributed by atoms with E-state index in [9.17, 15) is 4.79 Å². The fourth-order valence-corrected chi connectivity index (χ4v) is 2.52. The molecule has 21 heavy (non-hydrogen) atoms. The molecule has 2 rings (SSSR count). The third-order valence-electron chi connectivity index (χ3n) is 3.60. The van der Waals surface area contributed by atoms with Crippen molar-refractivity contribution in [3.8, 4) is 0 Å². The zero-order chi connectivity index (χ0) is 15.4. The Morgan fingerprint density at radius 2 is 2.05 bits per heavy atom. The Morgan fingerprint density at radius 3 is 2.67 bits per heavy atom. The van der Waals surface area contributed by atoms with Gasteiger partial charge in [-0.2, -0.15) is 0 Å². The molecule has 0 spiro atoms. The molecule has 0 aliphatic rings. The summed E-state index contributed by atoms with van der Waals surface area (Å²) in [5, 5.41) is 0. The SMILES string of the molecule is CCCC(CC)c1cn2cc(C(=O)OC(C)C)ccc2n1. The van der Waals surface area contributed by atoms with Crippen LogP contribution in [0.4, 0.5) is 0 Å². The van der Waals surface area contributed by atoms with Crippen molar-refractivity contribution in [1.29, 1.82) is 0 Å². The van der Waals surface area contributed by atoms with Crippen molar-refractivity contribution in [1.82, 2.24) is 9.38 Å². The van der Waals surface area contributed by atoms with E-state index in [0.29, 0.717) is 11.5 Å². The third-order valence-corrected chi connectivity index (χ3v) is 3.60. The molecule has 1 unspecified atom stereocenters. The molecule has 0 N–H and O–H groups in total. The van der Waals surface area contributed by atoms with E-state index in [1.54, 1.807) is 12.3 Å². The Morgan fingerprint density at radius 1 is 1.29 bits per heavy atom. The molecular formula is C17H24N2O2. The number of hydrogen-bond donors (Lipinski definition) is 0. The monoisotopic (exact) mass is 288 g/mol. The average molecular weight is 288 g/mol. The molecule has 2 heterocycles. The Kier molecular flexibility index (Phi) is 4.99. The number of esters is 1. The highest BCUT2D eigenvalue weighted by Gasteiger charge is 2.14. The Balaban J connectivity index is 2.29. The molecule has 4 heteroatoms. The van der Waals surface area contributed by atoms with Gasteiger partial charge in [-0.15, -0.1) is 0 Å². The molecule has 114 valence electrons. The summed E-state index contributed by atoms with van der Waals surface area (Å²) in [5.74, 6) is 0.198. The first-order valence-corrected chi connectivity index (χ1v) is 7.74. The van der Waals surface area contributed by atoms with Crippen LogP contribution in [0.1, 0.15) is 68.9 Å². The fourth-order valence-electron chi connectivity index (χ4n) is 2.52. The minimum atomic E-state index is -0.289. The molecule has 0 aromatic carbocycles. The highest BCUT2D eigenvalue weighted by molar-refractivity contribution is 5.89. The van der Waals surface area contributed by atoms with Gasteiger partial charge in [-0.25, -0.2) is 9.78 Å². The lowest BCUT2D eigenvalue weighted by Crippen LogP contribution is -2.12. The number of pyridine rings is 1. The Hall–Kier alpha value is -1.84. The minimum Gasteiger partial charge on any atom is -0.459 e. The summed E-state index contributed by atoms with van der Waals surface area (Å²) in [6, 6.07) is 3.65. The number of nitrogens with zero attached hydrogens (tertiary/aromatic N) is 2. The molecule has 2 aromatic rings. The number of hydrogen-bond acceptors (Lipinski definition) is 3. The van der Waals surface area contributed by atoms with Crippen LogP contribution in [0.2, 0.25) is 0 Å². The van der Waals surface area contributed by atoms with Gasteiger partial charge in [0.1, 0.15) is 5.65 Å². The van der Waals surface area contributed by atoms with E-state index >= 15 is 0 Å². The maximum Gasteiger partial charge on any atom is 0.339 e. The summed E-state index contributed by atoms with van der Waals surface area (Å²) >= 11 is 0. The van der Waals surface area contributed by atoms with Gasteiger partial charge in [0, 0.05) is 18.3 Å². The average Bonchev–Trinajstić information content (AvgIpc) is 2.86. The van der Waals surface area contributed by atoms with Crippen molar-refractivity contribution in [2.75, 3.05) is 0 Å². The topological polar surface area (TPSA) is 43.6 Å². The standard InChI is InChI=1S/C17H24N2O2/c1-5-7-13(6-2)15-11-19-10-14(8-9-16(19)18-15)17(20)21-12(3)4/h8-13H,5-7H2,1-4H3. The molecule has 2 aromatic heterocycles. The molecule has 0 aliphatic heterocycles. The van der Waals surface area contributed by atoms with E-state index in [1.807, 2.05) is 30.5 Å². The molecule has 0 aliphatic carbocycles. The van der Waals surface area contributed by atoms with E-state index in [1.165, 1.54) is 0 Å². The largest absolute Gasteiger partial charge is 0.459 e. The summed E-state index contributed by atoms with van der Waals surface area (Å²) < 4.78 is 7.15. The molecule has 4 nitrogen and oxygen atoms in total. The van der Waals surface area contributed by atoms with Gasteiger partial charge in [0.15, 0.2) is 0 Å². The molecule has 0 fully saturated rings. The number of rotatable bonds is 6. The number of fused-ring (bicyclic) bond motifs is 1. The van der Waals surface area contributed by atoms with E-state index < -0.39 is 0 Å². The van der Waals surface area contributed by atoms with Crippen molar-refractivity contribution in [3.63, 3.8) is 0 Å². The number of ether oxygens (including phenoxy) is 1. The second-order valence-corrected chi connectivity index (χ2v) is 5.70. The molecule has 0 saturated heterocycles. The van der Waals surface area contributed by atoms with Gasteiger partial charge in [0.25, 0.3) is 0 Å².